The molecule has 0 bridgehead atoms. The highest BCUT2D eigenvalue weighted by atomic mass is 16.1. The summed E-state index contributed by atoms with van der Waals surface area (Å²) in [6, 6.07) is 7.32. The monoisotopic (exact) mass is 371 g/mol. The highest BCUT2D eigenvalue weighted by Crippen LogP contribution is 2.25. The number of rotatable bonds is 4. The van der Waals surface area contributed by atoms with Crippen molar-refractivity contribution >= 4 is 11.6 Å². The molecule has 0 saturated heterocycles. The molecule has 8 nitrogen and oxygen atoms in total. The van der Waals surface area contributed by atoms with E-state index in [9.17, 15) is 4.79 Å². The van der Waals surface area contributed by atoms with Crippen molar-refractivity contribution in [1.82, 2.24) is 29.7 Å². The fourth-order valence-electron chi connectivity index (χ4n) is 2.83. The van der Waals surface area contributed by atoms with E-state index < -0.39 is 0 Å². The van der Waals surface area contributed by atoms with E-state index in [0.29, 0.717) is 22.8 Å². The summed E-state index contributed by atoms with van der Waals surface area (Å²) in [5.41, 5.74) is 4.51. The highest BCUT2D eigenvalue weighted by Gasteiger charge is 2.17. The number of nitrogens with zero attached hydrogens (tertiary/aromatic N) is 6. The first-order chi connectivity index (χ1) is 13.6. The number of carbonyl (C=O) groups is 1. The van der Waals surface area contributed by atoms with Crippen LogP contribution in [0.4, 0.5) is 5.69 Å². The quantitative estimate of drug-likeness (QED) is 0.592. The van der Waals surface area contributed by atoms with Gasteiger partial charge in [-0.25, -0.2) is 4.98 Å². The van der Waals surface area contributed by atoms with Crippen LogP contribution < -0.4 is 5.32 Å². The SMILES string of the molecule is Cc1ccc(C(=O)Nc2cn(C)nc2-c2cnccn2)nc1-c1cccnc1. The van der Waals surface area contributed by atoms with Gasteiger partial charge >= 0.3 is 0 Å². The molecule has 0 spiro atoms. The van der Waals surface area contributed by atoms with Gasteiger partial charge in [-0.1, -0.05) is 6.07 Å². The number of hydrogen-bond acceptors (Lipinski definition) is 6. The third-order valence-corrected chi connectivity index (χ3v) is 4.15. The first kappa shape index (κ1) is 17.5. The van der Waals surface area contributed by atoms with Gasteiger partial charge in [0.05, 0.1) is 17.6 Å². The minimum Gasteiger partial charge on any atom is -0.317 e. The van der Waals surface area contributed by atoms with E-state index in [2.05, 4.69) is 30.4 Å². The van der Waals surface area contributed by atoms with Crippen molar-refractivity contribution in [3.05, 3.63) is 72.7 Å². The fourth-order valence-corrected chi connectivity index (χ4v) is 2.83. The number of pyridine rings is 2. The standard InChI is InChI=1S/C20H17N7O/c1-13-5-6-15(24-18(13)14-4-3-7-21-10-14)20(28)25-17-12-27(2)26-19(17)16-11-22-8-9-23-16/h3-12H,1-2H3,(H,25,28). The molecule has 0 aliphatic carbocycles. The van der Waals surface area contributed by atoms with Crippen molar-refractivity contribution in [3.63, 3.8) is 0 Å². The van der Waals surface area contributed by atoms with Crippen molar-refractivity contribution in [2.75, 3.05) is 5.32 Å². The molecule has 138 valence electrons. The summed E-state index contributed by atoms with van der Waals surface area (Å²) in [5, 5.41) is 7.25. The lowest BCUT2D eigenvalue weighted by molar-refractivity contribution is 0.102. The Morgan fingerprint density at radius 1 is 1.04 bits per heavy atom. The lowest BCUT2D eigenvalue weighted by Gasteiger charge is -2.08. The average Bonchev–Trinajstić information content (AvgIpc) is 3.09. The van der Waals surface area contributed by atoms with Gasteiger partial charge in [-0.05, 0) is 30.7 Å². The van der Waals surface area contributed by atoms with Crippen molar-refractivity contribution < 1.29 is 4.79 Å². The number of aryl methyl sites for hydroxylation is 2. The van der Waals surface area contributed by atoms with Gasteiger partial charge in [0.15, 0.2) is 0 Å². The molecule has 1 amide bonds. The van der Waals surface area contributed by atoms with E-state index in [0.717, 1.165) is 16.8 Å². The summed E-state index contributed by atoms with van der Waals surface area (Å²) < 4.78 is 1.61. The minimum absolute atomic E-state index is 0.304. The summed E-state index contributed by atoms with van der Waals surface area (Å²) in [5.74, 6) is -0.330. The van der Waals surface area contributed by atoms with Crippen LogP contribution in [0, 0.1) is 6.92 Å². The molecule has 28 heavy (non-hydrogen) atoms. The number of hydrogen-bond donors (Lipinski definition) is 1. The Morgan fingerprint density at radius 3 is 2.64 bits per heavy atom. The van der Waals surface area contributed by atoms with Crippen LogP contribution >= 0.6 is 0 Å². The van der Waals surface area contributed by atoms with E-state index in [-0.39, 0.29) is 5.91 Å². The van der Waals surface area contributed by atoms with Gasteiger partial charge in [0.2, 0.25) is 0 Å². The van der Waals surface area contributed by atoms with Crippen LogP contribution in [-0.4, -0.2) is 35.6 Å². The molecule has 0 aliphatic rings. The Bertz CT molecular complexity index is 1120. The number of anilines is 1. The second-order valence-electron chi connectivity index (χ2n) is 6.21. The van der Waals surface area contributed by atoms with Crippen LogP contribution in [0.15, 0.2) is 61.4 Å². The summed E-state index contributed by atoms with van der Waals surface area (Å²) in [6.45, 7) is 1.95. The lowest BCUT2D eigenvalue weighted by Crippen LogP contribution is -2.14. The van der Waals surface area contributed by atoms with Gasteiger partial charge in [-0.3, -0.25) is 24.4 Å². The molecule has 4 heterocycles. The van der Waals surface area contributed by atoms with Crippen molar-refractivity contribution in [3.8, 4) is 22.6 Å². The Hall–Kier alpha value is -3.94. The molecule has 0 fully saturated rings. The molecule has 4 rings (SSSR count). The maximum Gasteiger partial charge on any atom is 0.274 e. The molecular weight excluding hydrogens is 354 g/mol. The van der Waals surface area contributed by atoms with Gasteiger partial charge in [-0.2, -0.15) is 5.10 Å². The molecule has 0 saturated carbocycles. The number of aromatic nitrogens is 6. The third kappa shape index (κ3) is 3.48. The molecule has 0 radical (unpaired) electrons. The topological polar surface area (TPSA) is 98.5 Å². The largest absolute Gasteiger partial charge is 0.317 e. The maximum absolute atomic E-state index is 12.8. The minimum atomic E-state index is -0.330. The summed E-state index contributed by atoms with van der Waals surface area (Å²) in [7, 11) is 1.78. The molecule has 0 unspecified atom stereocenters. The lowest BCUT2D eigenvalue weighted by atomic mass is 10.1. The van der Waals surface area contributed by atoms with E-state index in [1.807, 2.05) is 25.1 Å². The van der Waals surface area contributed by atoms with Crippen LogP contribution in [0.25, 0.3) is 22.6 Å². The number of carbonyl (C=O) groups excluding carboxylic acids is 1. The van der Waals surface area contributed by atoms with E-state index in [1.165, 1.54) is 0 Å². The first-order valence-corrected chi connectivity index (χ1v) is 8.61. The van der Waals surface area contributed by atoms with Crippen molar-refractivity contribution in [1.29, 1.82) is 0 Å². The molecule has 1 N–H and O–H groups in total. The van der Waals surface area contributed by atoms with Crippen LogP contribution in [0.2, 0.25) is 0 Å². The van der Waals surface area contributed by atoms with Crippen molar-refractivity contribution in [2.24, 2.45) is 7.05 Å². The molecule has 4 aromatic heterocycles. The molecule has 4 aromatic rings. The molecule has 0 aromatic carbocycles. The van der Waals surface area contributed by atoms with Crippen LogP contribution in [0.5, 0.6) is 0 Å². The average molecular weight is 371 g/mol. The Balaban J connectivity index is 1.66. The van der Waals surface area contributed by atoms with Crippen molar-refractivity contribution in [2.45, 2.75) is 6.92 Å². The predicted molar refractivity (Wildman–Crippen MR) is 104 cm³/mol. The normalized spacial score (nSPS) is 10.6. The number of nitrogens with one attached hydrogen (secondary N) is 1. The van der Waals surface area contributed by atoms with E-state index >= 15 is 0 Å². The predicted octanol–water partition coefficient (Wildman–Crippen LogP) is 2.89. The highest BCUT2D eigenvalue weighted by molar-refractivity contribution is 6.04. The van der Waals surface area contributed by atoms with E-state index in [4.69, 9.17) is 0 Å². The zero-order valence-corrected chi connectivity index (χ0v) is 15.4. The molecule has 0 aliphatic heterocycles. The van der Waals surface area contributed by atoms with Gasteiger partial charge < -0.3 is 5.32 Å². The molecular formula is C20H17N7O. The zero-order valence-electron chi connectivity index (χ0n) is 15.4. The van der Waals surface area contributed by atoms with Crippen LogP contribution in [-0.2, 0) is 7.05 Å². The second-order valence-corrected chi connectivity index (χ2v) is 6.21. The van der Waals surface area contributed by atoms with Gasteiger partial charge in [0.25, 0.3) is 5.91 Å². The van der Waals surface area contributed by atoms with Gasteiger partial charge in [-0.15, -0.1) is 0 Å². The Labute approximate surface area is 161 Å². The zero-order chi connectivity index (χ0) is 19.5. The number of amides is 1. The molecule has 0 atom stereocenters. The van der Waals surface area contributed by atoms with Gasteiger partial charge in [0.1, 0.15) is 17.1 Å². The third-order valence-electron chi connectivity index (χ3n) is 4.15. The fraction of sp³-hybridized carbons (Fsp3) is 0.100. The summed E-state index contributed by atoms with van der Waals surface area (Å²) in [4.78, 5) is 29.8. The van der Waals surface area contributed by atoms with Crippen LogP contribution in [0.3, 0.4) is 0 Å². The smallest absolute Gasteiger partial charge is 0.274 e. The van der Waals surface area contributed by atoms with Gasteiger partial charge in [0, 0.05) is 43.6 Å². The first-order valence-electron chi connectivity index (χ1n) is 8.61. The summed E-state index contributed by atoms with van der Waals surface area (Å²) in [6.07, 6.45) is 9.91. The summed E-state index contributed by atoms with van der Waals surface area (Å²) >= 11 is 0. The van der Waals surface area contributed by atoms with Crippen LogP contribution in [0.1, 0.15) is 16.1 Å². The molecule has 8 heteroatoms. The Kier molecular flexibility index (Phi) is 4.59. The Morgan fingerprint density at radius 2 is 1.89 bits per heavy atom. The second kappa shape index (κ2) is 7.36. The maximum atomic E-state index is 12.8. The van der Waals surface area contributed by atoms with E-state index in [1.54, 1.807) is 55.0 Å².